The van der Waals surface area contributed by atoms with Crippen molar-refractivity contribution < 1.29 is 9.32 Å². The average molecular weight is 370 g/mol. The Morgan fingerprint density at radius 1 is 1.37 bits per heavy atom. The van der Waals surface area contributed by atoms with Crippen LogP contribution < -0.4 is 5.32 Å². The summed E-state index contributed by atoms with van der Waals surface area (Å²) in [5, 5.41) is 14.9. The molecule has 2 amide bonds. The highest BCUT2D eigenvalue weighted by molar-refractivity contribution is 5.74. The third-order valence-corrected chi connectivity index (χ3v) is 3.99. The zero-order valence-electron chi connectivity index (χ0n) is 15.7. The summed E-state index contributed by atoms with van der Waals surface area (Å²) in [5.74, 6) is 1.47. The van der Waals surface area contributed by atoms with Crippen molar-refractivity contribution in [2.45, 2.75) is 39.4 Å². The summed E-state index contributed by atoms with van der Waals surface area (Å²) in [6.07, 6.45) is 4.98. The largest absolute Gasteiger partial charge is 0.337 e. The van der Waals surface area contributed by atoms with E-state index in [1.807, 2.05) is 31.4 Å². The van der Waals surface area contributed by atoms with Crippen LogP contribution in [0.2, 0.25) is 0 Å². The van der Waals surface area contributed by atoms with Crippen molar-refractivity contribution in [2.24, 2.45) is 0 Å². The number of hydrogen-bond acceptors (Lipinski definition) is 7. The number of hydrogen-bond donors (Lipinski definition) is 1. The molecule has 3 rings (SSSR count). The highest BCUT2D eigenvalue weighted by atomic mass is 16.5. The molecule has 0 saturated carbocycles. The first-order valence-electron chi connectivity index (χ1n) is 8.59. The van der Waals surface area contributed by atoms with Crippen molar-refractivity contribution in [3.05, 3.63) is 42.6 Å². The van der Waals surface area contributed by atoms with Crippen LogP contribution in [0.3, 0.4) is 0 Å². The highest BCUT2D eigenvalue weighted by Crippen LogP contribution is 2.16. The molecule has 1 atom stereocenters. The Kier molecular flexibility index (Phi) is 5.43. The van der Waals surface area contributed by atoms with Gasteiger partial charge in [-0.25, -0.2) is 4.79 Å². The van der Waals surface area contributed by atoms with Gasteiger partial charge in [-0.15, -0.1) is 10.2 Å². The fraction of sp³-hybridized carbons (Fsp3) is 0.412. The van der Waals surface area contributed by atoms with Crippen LogP contribution in [0, 0.1) is 0 Å². The minimum absolute atomic E-state index is 0.183. The lowest BCUT2D eigenvalue weighted by molar-refractivity contribution is 0.195. The Balaban J connectivity index is 1.61. The van der Waals surface area contributed by atoms with Gasteiger partial charge in [-0.05, 0) is 32.9 Å². The number of amides is 2. The van der Waals surface area contributed by atoms with Crippen molar-refractivity contribution in [1.82, 2.24) is 40.1 Å². The molecule has 10 heteroatoms. The van der Waals surface area contributed by atoms with Gasteiger partial charge in [0.2, 0.25) is 11.7 Å². The van der Waals surface area contributed by atoms with Crippen molar-refractivity contribution in [3.63, 3.8) is 0 Å². The van der Waals surface area contributed by atoms with E-state index in [4.69, 9.17) is 4.52 Å². The number of carbonyl (C=O) groups excluding carboxylic acids is 1. The Bertz CT molecular complexity index is 889. The zero-order chi connectivity index (χ0) is 19.4. The monoisotopic (exact) mass is 370 g/mol. The van der Waals surface area contributed by atoms with E-state index in [9.17, 15) is 4.79 Å². The Morgan fingerprint density at radius 3 is 2.89 bits per heavy atom. The predicted octanol–water partition coefficient (Wildman–Crippen LogP) is 2.21. The van der Waals surface area contributed by atoms with Gasteiger partial charge < -0.3 is 19.3 Å². The molecule has 3 heterocycles. The normalized spacial score (nSPS) is 12.2. The molecule has 27 heavy (non-hydrogen) atoms. The molecule has 0 radical (unpaired) electrons. The Morgan fingerprint density at radius 2 is 2.19 bits per heavy atom. The smallest absolute Gasteiger partial charge is 0.318 e. The van der Waals surface area contributed by atoms with Gasteiger partial charge in [0.1, 0.15) is 12.9 Å². The van der Waals surface area contributed by atoms with E-state index in [-0.39, 0.29) is 24.7 Å². The van der Waals surface area contributed by atoms with E-state index >= 15 is 0 Å². The molecule has 0 fully saturated rings. The van der Waals surface area contributed by atoms with Gasteiger partial charge >= 0.3 is 6.03 Å². The molecular weight excluding hydrogens is 348 g/mol. The SMILES string of the molecule is CC(NC(=O)N(C)Cc1nc(-c2cccnc2)no1)c1nncn1C(C)C. The van der Waals surface area contributed by atoms with Gasteiger partial charge in [0.15, 0.2) is 5.82 Å². The number of pyridine rings is 1. The first kappa shape index (κ1) is 18.5. The summed E-state index contributed by atoms with van der Waals surface area (Å²) >= 11 is 0. The number of rotatable bonds is 6. The molecule has 142 valence electrons. The molecule has 0 aromatic carbocycles. The van der Waals surface area contributed by atoms with Gasteiger partial charge in [-0.3, -0.25) is 4.98 Å². The number of urea groups is 1. The number of carbonyl (C=O) groups is 1. The van der Waals surface area contributed by atoms with Crippen LogP contribution in [0.15, 0.2) is 35.4 Å². The van der Waals surface area contributed by atoms with E-state index in [0.29, 0.717) is 17.5 Å². The summed E-state index contributed by atoms with van der Waals surface area (Å²) in [6, 6.07) is 3.27. The molecule has 0 bridgehead atoms. The molecule has 3 aromatic heterocycles. The van der Waals surface area contributed by atoms with Gasteiger partial charge in [-0.1, -0.05) is 5.16 Å². The number of nitrogens with zero attached hydrogens (tertiary/aromatic N) is 7. The first-order valence-corrected chi connectivity index (χ1v) is 8.59. The molecular formula is C17H22N8O2. The molecule has 10 nitrogen and oxygen atoms in total. The lowest BCUT2D eigenvalue weighted by atomic mass is 10.3. The molecule has 1 N–H and O–H groups in total. The molecule has 0 aliphatic rings. The molecule has 1 unspecified atom stereocenters. The summed E-state index contributed by atoms with van der Waals surface area (Å²) in [4.78, 5) is 22.3. The fourth-order valence-electron chi connectivity index (χ4n) is 2.53. The second-order valence-electron chi connectivity index (χ2n) is 6.47. The van der Waals surface area contributed by atoms with Gasteiger partial charge in [0.25, 0.3) is 0 Å². The molecule has 3 aromatic rings. The lowest BCUT2D eigenvalue weighted by Crippen LogP contribution is -2.39. The Labute approximate surface area is 156 Å². The van der Waals surface area contributed by atoms with E-state index in [2.05, 4.69) is 30.6 Å². The van der Waals surface area contributed by atoms with E-state index < -0.39 is 0 Å². The minimum Gasteiger partial charge on any atom is -0.337 e. The van der Waals surface area contributed by atoms with Crippen LogP contribution in [0.5, 0.6) is 0 Å². The minimum atomic E-state index is -0.293. The van der Waals surface area contributed by atoms with Crippen LogP contribution in [0.4, 0.5) is 4.79 Å². The predicted molar refractivity (Wildman–Crippen MR) is 96.3 cm³/mol. The topological polar surface area (TPSA) is 115 Å². The molecule has 0 aliphatic heterocycles. The maximum Gasteiger partial charge on any atom is 0.318 e. The van der Waals surface area contributed by atoms with E-state index in [1.54, 1.807) is 31.8 Å². The van der Waals surface area contributed by atoms with Gasteiger partial charge in [0.05, 0.1) is 6.04 Å². The first-order chi connectivity index (χ1) is 13.0. The standard InChI is InChI=1S/C17H22N8O2/c1-11(2)25-10-19-22-16(25)12(3)20-17(26)24(4)9-14-21-15(23-27-14)13-6-5-7-18-8-13/h5-8,10-12H,9H2,1-4H3,(H,20,26). The second-order valence-corrected chi connectivity index (χ2v) is 6.47. The molecule has 0 aliphatic carbocycles. The maximum atomic E-state index is 12.5. The summed E-state index contributed by atoms with van der Waals surface area (Å²) in [6.45, 7) is 6.11. The quantitative estimate of drug-likeness (QED) is 0.707. The van der Waals surface area contributed by atoms with Crippen LogP contribution in [-0.4, -0.2) is 47.9 Å². The lowest BCUT2D eigenvalue weighted by Gasteiger charge is -2.21. The van der Waals surface area contributed by atoms with Crippen molar-refractivity contribution in [2.75, 3.05) is 7.05 Å². The Hall–Kier alpha value is -3.30. The number of aromatic nitrogens is 6. The summed E-state index contributed by atoms with van der Waals surface area (Å²) in [5.41, 5.74) is 0.751. The fourth-order valence-corrected chi connectivity index (χ4v) is 2.53. The van der Waals surface area contributed by atoms with Crippen LogP contribution in [0.1, 0.15) is 44.6 Å². The molecule has 0 spiro atoms. The number of nitrogens with one attached hydrogen (secondary N) is 1. The van der Waals surface area contributed by atoms with Crippen molar-refractivity contribution in [1.29, 1.82) is 0 Å². The van der Waals surface area contributed by atoms with Crippen LogP contribution >= 0.6 is 0 Å². The van der Waals surface area contributed by atoms with Gasteiger partial charge in [-0.2, -0.15) is 4.98 Å². The molecule has 0 saturated heterocycles. The van der Waals surface area contributed by atoms with Crippen LogP contribution in [0.25, 0.3) is 11.4 Å². The zero-order valence-corrected chi connectivity index (χ0v) is 15.7. The highest BCUT2D eigenvalue weighted by Gasteiger charge is 2.20. The third-order valence-electron chi connectivity index (χ3n) is 3.99. The second kappa shape index (κ2) is 7.94. The van der Waals surface area contributed by atoms with E-state index in [0.717, 1.165) is 5.56 Å². The van der Waals surface area contributed by atoms with Crippen molar-refractivity contribution in [3.8, 4) is 11.4 Å². The average Bonchev–Trinajstić information content (AvgIpc) is 3.32. The van der Waals surface area contributed by atoms with E-state index in [1.165, 1.54) is 4.90 Å². The van der Waals surface area contributed by atoms with Crippen LogP contribution in [-0.2, 0) is 6.54 Å². The summed E-state index contributed by atoms with van der Waals surface area (Å²) < 4.78 is 7.15. The maximum absolute atomic E-state index is 12.5. The van der Waals surface area contributed by atoms with Crippen molar-refractivity contribution >= 4 is 6.03 Å². The summed E-state index contributed by atoms with van der Waals surface area (Å²) in [7, 11) is 1.66. The third kappa shape index (κ3) is 4.27. The van der Waals surface area contributed by atoms with Gasteiger partial charge in [0, 0.05) is 31.0 Å².